The standard InChI is InChI=1S/C30H31F4NO3/c1-4-26-22(17-23-18-28(3,31)29(23,37)30(32,33)34)15-16-25(38-24-13-9-6-10-14-24)19-35(26)27(36)20(2)21-11-7-5-8-12-21/h4-14,17-18,20,25,37H,15-16,19H2,1-3H3/b22-17-,26-4?/t20-,25-,28?,29?/m1/s1. The molecule has 202 valence electrons. The third-order valence-electron chi connectivity index (χ3n) is 7.29. The van der Waals surface area contributed by atoms with Gasteiger partial charge in [-0.25, -0.2) is 4.39 Å². The number of alkyl halides is 4. The number of ether oxygens (including phenoxy) is 1. The molecule has 0 saturated carbocycles. The Bertz CT molecular complexity index is 1250. The van der Waals surface area contributed by atoms with E-state index >= 15 is 0 Å². The number of rotatable bonds is 5. The fourth-order valence-corrected chi connectivity index (χ4v) is 5.09. The van der Waals surface area contributed by atoms with Gasteiger partial charge in [0.25, 0.3) is 0 Å². The van der Waals surface area contributed by atoms with E-state index < -0.39 is 35.0 Å². The number of allylic oxidation sites excluding steroid dienone is 2. The summed E-state index contributed by atoms with van der Waals surface area (Å²) in [5.41, 5.74) is -5.57. The number of benzene rings is 2. The minimum Gasteiger partial charge on any atom is -0.489 e. The van der Waals surface area contributed by atoms with Gasteiger partial charge in [-0.3, -0.25) is 4.79 Å². The Morgan fingerprint density at radius 3 is 2.29 bits per heavy atom. The SMILES string of the molecule is CC=C1/C(=C\C2=CC(C)(F)C2(O)C(F)(F)F)CC[C@@H](Oc2ccccc2)CN1C(=O)[C@H](C)c1ccccc1. The smallest absolute Gasteiger partial charge is 0.424 e. The van der Waals surface area contributed by atoms with Crippen molar-refractivity contribution in [1.29, 1.82) is 0 Å². The van der Waals surface area contributed by atoms with Crippen LogP contribution in [-0.2, 0) is 4.79 Å². The van der Waals surface area contributed by atoms with E-state index in [1.807, 2.05) is 48.5 Å². The highest BCUT2D eigenvalue weighted by atomic mass is 19.4. The number of likely N-dealkylation sites (tertiary alicyclic amines) is 1. The predicted octanol–water partition coefficient (Wildman–Crippen LogP) is 6.65. The van der Waals surface area contributed by atoms with Crippen molar-refractivity contribution >= 4 is 5.91 Å². The molecule has 0 aromatic heterocycles. The van der Waals surface area contributed by atoms with Crippen LogP contribution in [0.4, 0.5) is 17.6 Å². The molecule has 1 amide bonds. The highest BCUT2D eigenvalue weighted by Crippen LogP contribution is 2.54. The summed E-state index contributed by atoms with van der Waals surface area (Å²) in [4.78, 5) is 15.4. The van der Waals surface area contributed by atoms with Gasteiger partial charge in [0.2, 0.25) is 11.5 Å². The first-order valence-corrected chi connectivity index (χ1v) is 12.6. The zero-order valence-electron chi connectivity index (χ0n) is 21.5. The molecule has 1 fully saturated rings. The van der Waals surface area contributed by atoms with Gasteiger partial charge >= 0.3 is 6.18 Å². The lowest BCUT2D eigenvalue weighted by Gasteiger charge is -2.47. The minimum absolute atomic E-state index is 0.172. The van der Waals surface area contributed by atoms with Gasteiger partial charge in [-0.05, 0) is 68.5 Å². The van der Waals surface area contributed by atoms with E-state index in [1.165, 1.54) is 11.0 Å². The van der Waals surface area contributed by atoms with Crippen LogP contribution in [0.25, 0.3) is 0 Å². The van der Waals surface area contributed by atoms with Crippen LogP contribution in [0.15, 0.2) is 95.7 Å². The normalized spacial score (nSPS) is 28.9. The van der Waals surface area contributed by atoms with Crippen LogP contribution in [0.3, 0.4) is 0 Å². The summed E-state index contributed by atoms with van der Waals surface area (Å²) < 4.78 is 62.2. The third kappa shape index (κ3) is 5.01. The van der Waals surface area contributed by atoms with E-state index in [4.69, 9.17) is 4.74 Å². The summed E-state index contributed by atoms with van der Waals surface area (Å²) >= 11 is 0. The van der Waals surface area contributed by atoms with Gasteiger partial charge in [0.05, 0.1) is 12.5 Å². The topological polar surface area (TPSA) is 49.8 Å². The molecular formula is C30H31F4NO3. The van der Waals surface area contributed by atoms with Gasteiger partial charge < -0.3 is 14.7 Å². The highest BCUT2D eigenvalue weighted by Gasteiger charge is 2.71. The molecule has 2 aromatic rings. The quantitative estimate of drug-likeness (QED) is 0.441. The first kappa shape index (κ1) is 27.6. The number of hydrogen-bond acceptors (Lipinski definition) is 3. The second-order valence-corrected chi connectivity index (χ2v) is 9.90. The molecule has 0 spiro atoms. The van der Waals surface area contributed by atoms with Crippen molar-refractivity contribution < 1.29 is 32.2 Å². The zero-order valence-corrected chi connectivity index (χ0v) is 21.5. The first-order valence-electron chi connectivity index (χ1n) is 12.6. The van der Waals surface area contributed by atoms with E-state index in [0.29, 0.717) is 30.4 Å². The fourth-order valence-electron chi connectivity index (χ4n) is 5.09. The summed E-state index contributed by atoms with van der Waals surface area (Å²) in [7, 11) is 0. The maximum atomic E-state index is 14.6. The van der Waals surface area contributed by atoms with Crippen molar-refractivity contribution in [3.63, 3.8) is 0 Å². The van der Waals surface area contributed by atoms with E-state index in [2.05, 4.69) is 0 Å². The maximum Gasteiger partial charge on any atom is 0.424 e. The number of carbonyl (C=O) groups is 1. The lowest BCUT2D eigenvalue weighted by Crippen LogP contribution is -2.65. The Morgan fingerprint density at radius 1 is 1.13 bits per heavy atom. The van der Waals surface area contributed by atoms with Crippen molar-refractivity contribution in [3.05, 3.63) is 101 Å². The summed E-state index contributed by atoms with van der Waals surface area (Å²) in [5, 5.41) is 10.4. The molecule has 38 heavy (non-hydrogen) atoms. The first-order chi connectivity index (χ1) is 17.9. The number of hydrogen-bond donors (Lipinski definition) is 1. The average molecular weight is 530 g/mol. The van der Waals surface area contributed by atoms with E-state index in [1.54, 1.807) is 32.1 Å². The zero-order chi connectivity index (χ0) is 27.7. The van der Waals surface area contributed by atoms with Crippen LogP contribution >= 0.6 is 0 Å². The Balaban J connectivity index is 1.74. The predicted molar refractivity (Wildman–Crippen MR) is 137 cm³/mol. The number of nitrogens with zero attached hydrogens (tertiary/aromatic N) is 1. The lowest BCUT2D eigenvalue weighted by molar-refractivity contribution is -0.285. The molecule has 1 heterocycles. The van der Waals surface area contributed by atoms with Crippen molar-refractivity contribution in [3.8, 4) is 5.75 Å². The number of para-hydroxylation sites is 1. The Hall–Kier alpha value is -3.39. The van der Waals surface area contributed by atoms with Gasteiger partial charge in [-0.1, -0.05) is 60.7 Å². The van der Waals surface area contributed by atoms with Gasteiger partial charge in [0.1, 0.15) is 11.9 Å². The van der Waals surface area contributed by atoms with E-state index in [0.717, 1.165) is 11.6 Å². The van der Waals surface area contributed by atoms with Gasteiger partial charge in [-0.15, -0.1) is 0 Å². The molecule has 2 aromatic carbocycles. The molecule has 4 rings (SSSR count). The molecule has 0 bridgehead atoms. The average Bonchev–Trinajstić information content (AvgIpc) is 3.06. The van der Waals surface area contributed by atoms with Crippen molar-refractivity contribution in [2.45, 2.75) is 63.1 Å². The number of amides is 1. The second-order valence-electron chi connectivity index (χ2n) is 9.90. The Morgan fingerprint density at radius 2 is 1.74 bits per heavy atom. The van der Waals surface area contributed by atoms with Crippen LogP contribution in [0.5, 0.6) is 5.75 Å². The molecule has 2 aliphatic rings. The van der Waals surface area contributed by atoms with Crippen LogP contribution in [0, 0.1) is 0 Å². The molecular weight excluding hydrogens is 498 g/mol. The van der Waals surface area contributed by atoms with E-state index in [9.17, 15) is 27.5 Å². The van der Waals surface area contributed by atoms with Crippen molar-refractivity contribution in [2.75, 3.05) is 6.54 Å². The molecule has 1 N–H and O–H groups in total. The summed E-state index contributed by atoms with van der Waals surface area (Å²) in [6, 6.07) is 18.3. The van der Waals surface area contributed by atoms with E-state index in [-0.39, 0.29) is 18.9 Å². The second kappa shape index (κ2) is 10.4. The molecule has 1 aliphatic heterocycles. The Kier molecular flexibility index (Phi) is 7.57. The number of halogens is 4. The van der Waals surface area contributed by atoms with Crippen LogP contribution in [-0.4, -0.2) is 46.0 Å². The van der Waals surface area contributed by atoms with Gasteiger partial charge in [-0.2, -0.15) is 13.2 Å². The Labute approximate surface area is 219 Å². The fraction of sp³-hybridized carbons (Fsp3) is 0.367. The molecule has 8 heteroatoms. The lowest BCUT2D eigenvalue weighted by atomic mass is 9.67. The third-order valence-corrected chi connectivity index (χ3v) is 7.29. The monoisotopic (exact) mass is 529 g/mol. The maximum absolute atomic E-state index is 14.6. The molecule has 1 aliphatic carbocycles. The van der Waals surface area contributed by atoms with Gasteiger partial charge in [0, 0.05) is 5.70 Å². The van der Waals surface area contributed by atoms with Crippen LogP contribution in [0.2, 0.25) is 0 Å². The number of carbonyl (C=O) groups excluding carboxylic acids is 1. The van der Waals surface area contributed by atoms with Gasteiger partial charge in [0.15, 0.2) is 5.67 Å². The molecule has 1 saturated heterocycles. The number of aliphatic hydroxyl groups is 1. The largest absolute Gasteiger partial charge is 0.489 e. The summed E-state index contributed by atoms with van der Waals surface area (Å²) in [6.07, 6.45) is -1.40. The summed E-state index contributed by atoms with van der Waals surface area (Å²) in [5.74, 6) is -0.174. The van der Waals surface area contributed by atoms with Crippen LogP contribution < -0.4 is 4.74 Å². The summed E-state index contributed by atoms with van der Waals surface area (Å²) in [6.45, 7) is 4.34. The van der Waals surface area contributed by atoms with Crippen molar-refractivity contribution in [1.82, 2.24) is 4.90 Å². The highest BCUT2D eigenvalue weighted by molar-refractivity contribution is 5.85. The molecule has 4 nitrogen and oxygen atoms in total. The molecule has 2 unspecified atom stereocenters. The van der Waals surface area contributed by atoms with Crippen molar-refractivity contribution in [2.24, 2.45) is 0 Å². The minimum atomic E-state index is -5.21. The molecule has 4 atom stereocenters. The molecule has 0 radical (unpaired) electrons. The van der Waals surface area contributed by atoms with Crippen LogP contribution in [0.1, 0.15) is 45.1 Å².